The fourth-order valence-electron chi connectivity index (χ4n) is 6.07. The fourth-order valence-corrected chi connectivity index (χ4v) is 6.07. The number of hydrogen-bond donors (Lipinski definition) is 3. The Morgan fingerprint density at radius 2 is 1.44 bits per heavy atom. The van der Waals surface area contributed by atoms with Crippen molar-refractivity contribution in [3.05, 3.63) is 179 Å². The molecule has 1 atom stereocenters. The van der Waals surface area contributed by atoms with Gasteiger partial charge in [0, 0.05) is 51.5 Å². The van der Waals surface area contributed by atoms with Crippen molar-refractivity contribution in [2.24, 2.45) is 4.99 Å². The van der Waals surface area contributed by atoms with Gasteiger partial charge in [0.05, 0.1) is 0 Å². The highest BCUT2D eigenvalue weighted by atomic mass is 16.3. The molecule has 1 aliphatic rings. The Kier molecular flexibility index (Phi) is 7.58. The molecule has 0 spiro atoms. The van der Waals surface area contributed by atoms with Gasteiger partial charge in [-0.3, -0.25) is 5.41 Å². The van der Waals surface area contributed by atoms with Crippen molar-refractivity contribution in [1.29, 1.82) is 5.41 Å². The summed E-state index contributed by atoms with van der Waals surface area (Å²) in [4.78, 5) is 4.69. The molecule has 45 heavy (non-hydrogen) atoms. The van der Waals surface area contributed by atoms with Crippen LogP contribution in [-0.4, -0.2) is 11.7 Å². The number of benzene rings is 5. The maximum Gasteiger partial charge on any atom is 0.154 e. The molecule has 220 valence electrons. The molecule has 0 fully saturated rings. The van der Waals surface area contributed by atoms with Crippen molar-refractivity contribution >= 4 is 34.4 Å². The summed E-state index contributed by atoms with van der Waals surface area (Å²) in [6.45, 7) is 2.86. The molecule has 0 saturated heterocycles. The van der Waals surface area contributed by atoms with E-state index in [-0.39, 0.29) is 11.3 Å². The number of para-hydroxylation sites is 1. The van der Waals surface area contributed by atoms with Gasteiger partial charge in [0.25, 0.3) is 0 Å². The molecule has 5 aromatic carbocycles. The summed E-state index contributed by atoms with van der Waals surface area (Å²) >= 11 is 0. The second-order valence-corrected chi connectivity index (χ2v) is 11.6. The van der Waals surface area contributed by atoms with Crippen LogP contribution in [0.2, 0.25) is 0 Å². The van der Waals surface area contributed by atoms with Gasteiger partial charge in [-0.1, -0.05) is 121 Å². The quantitative estimate of drug-likeness (QED) is 0.129. The number of fused-ring (bicyclic) bond motifs is 3. The molecule has 0 amide bonds. The smallest absolute Gasteiger partial charge is 0.154 e. The Morgan fingerprint density at radius 3 is 2.20 bits per heavy atom. The monoisotopic (exact) mass is 586 g/mol. The molecule has 0 aliphatic heterocycles. The Bertz CT molecular complexity index is 2030. The minimum absolute atomic E-state index is 0.215. The third-order valence-corrected chi connectivity index (χ3v) is 8.52. The van der Waals surface area contributed by atoms with Crippen molar-refractivity contribution in [3.63, 3.8) is 0 Å². The first-order valence-electron chi connectivity index (χ1n) is 15.2. The lowest BCUT2D eigenvalue weighted by atomic mass is 9.71. The number of nitrogens with one attached hydrogen (secondary N) is 3. The van der Waals surface area contributed by atoms with Gasteiger partial charge >= 0.3 is 0 Å². The summed E-state index contributed by atoms with van der Waals surface area (Å²) < 4.78 is 6.33. The number of aliphatic imine (C=N–C) groups is 1. The zero-order chi connectivity index (χ0) is 30.6. The van der Waals surface area contributed by atoms with Gasteiger partial charge in [-0.15, -0.1) is 0 Å². The molecular formula is C40H34N4O. The summed E-state index contributed by atoms with van der Waals surface area (Å²) in [6, 6.07) is 47.0. The molecule has 0 saturated carbocycles. The van der Waals surface area contributed by atoms with E-state index in [2.05, 4.69) is 90.4 Å². The summed E-state index contributed by atoms with van der Waals surface area (Å²) in [6.07, 6.45) is 3.00. The normalized spacial score (nSPS) is 16.1. The molecule has 1 aliphatic carbocycles. The standard InChI is InChI=1S/C40H34N4O/c1-40(31-19-9-4-10-20-31)26-34-33-22-11-12-23-35(33)45-36(34)25-37(40)43-32-21-13-14-28(24-32)27-42-39(30-17-7-3-8-18-30)44-38(41)29-15-5-2-6-16-29/h2-25,43H,26-27H2,1H3,(H2,41,42,44). The maximum absolute atomic E-state index is 8.61. The third-order valence-electron chi connectivity index (χ3n) is 8.52. The van der Waals surface area contributed by atoms with E-state index >= 15 is 0 Å². The van der Waals surface area contributed by atoms with Crippen LogP contribution in [0.1, 0.15) is 40.5 Å². The highest BCUT2D eigenvalue weighted by molar-refractivity contribution is 6.10. The van der Waals surface area contributed by atoms with Gasteiger partial charge < -0.3 is 15.1 Å². The van der Waals surface area contributed by atoms with Gasteiger partial charge in [0.15, 0.2) is 5.84 Å². The number of nitrogens with zero attached hydrogens (tertiary/aromatic N) is 1. The van der Waals surface area contributed by atoms with E-state index in [4.69, 9.17) is 14.8 Å². The SMILES string of the molecule is CC1(c2ccccc2)Cc2c(oc3ccccc23)C=C1Nc1cccc(CN/C(=N\C(=N)c2ccccc2)c2ccccc2)c1. The molecular weight excluding hydrogens is 552 g/mol. The molecule has 3 N–H and O–H groups in total. The van der Waals surface area contributed by atoms with Crippen molar-refractivity contribution in [2.75, 3.05) is 5.32 Å². The number of amidine groups is 2. The second-order valence-electron chi connectivity index (χ2n) is 11.6. The van der Waals surface area contributed by atoms with E-state index in [0.29, 0.717) is 12.4 Å². The fraction of sp³-hybridized carbons (Fsp3) is 0.100. The predicted molar refractivity (Wildman–Crippen MR) is 185 cm³/mol. The summed E-state index contributed by atoms with van der Waals surface area (Å²) in [5.74, 6) is 1.79. The highest BCUT2D eigenvalue weighted by Crippen LogP contribution is 2.44. The van der Waals surface area contributed by atoms with Crippen molar-refractivity contribution in [2.45, 2.75) is 25.3 Å². The number of furan rings is 1. The molecule has 1 heterocycles. The van der Waals surface area contributed by atoms with Crippen LogP contribution >= 0.6 is 0 Å². The van der Waals surface area contributed by atoms with Crippen LogP contribution in [-0.2, 0) is 18.4 Å². The molecule has 1 unspecified atom stereocenters. The topological polar surface area (TPSA) is 73.4 Å². The second kappa shape index (κ2) is 12.1. The van der Waals surface area contributed by atoms with Crippen LogP contribution in [0, 0.1) is 5.41 Å². The van der Waals surface area contributed by atoms with Gasteiger partial charge in [0.2, 0.25) is 0 Å². The zero-order valence-corrected chi connectivity index (χ0v) is 25.1. The van der Waals surface area contributed by atoms with Crippen molar-refractivity contribution in [1.82, 2.24) is 5.32 Å². The molecule has 1 aromatic heterocycles. The minimum Gasteiger partial charge on any atom is -0.456 e. The Hall–Kier alpha value is -5.68. The predicted octanol–water partition coefficient (Wildman–Crippen LogP) is 8.96. The van der Waals surface area contributed by atoms with Gasteiger partial charge in [-0.2, -0.15) is 0 Å². The van der Waals surface area contributed by atoms with Crippen LogP contribution < -0.4 is 10.6 Å². The first-order chi connectivity index (χ1) is 22.1. The number of hydrogen-bond acceptors (Lipinski definition) is 3. The van der Waals surface area contributed by atoms with Gasteiger partial charge in [-0.25, -0.2) is 4.99 Å². The van der Waals surface area contributed by atoms with E-state index in [9.17, 15) is 0 Å². The van der Waals surface area contributed by atoms with Crippen LogP contribution in [0.25, 0.3) is 17.0 Å². The molecule has 0 bridgehead atoms. The summed E-state index contributed by atoms with van der Waals surface area (Å²) in [5, 5.41) is 17.1. The lowest BCUT2D eigenvalue weighted by Gasteiger charge is -2.36. The Labute approximate surface area is 263 Å². The average Bonchev–Trinajstić information content (AvgIpc) is 3.45. The molecule has 5 nitrogen and oxygen atoms in total. The molecule has 0 radical (unpaired) electrons. The third kappa shape index (κ3) is 5.80. The number of rotatable bonds is 7. The van der Waals surface area contributed by atoms with Crippen molar-refractivity contribution < 1.29 is 4.42 Å². The first kappa shape index (κ1) is 28.1. The van der Waals surface area contributed by atoms with E-state index in [1.54, 1.807) is 0 Å². The highest BCUT2D eigenvalue weighted by Gasteiger charge is 2.37. The first-order valence-corrected chi connectivity index (χ1v) is 15.2. The zero-order valence-electron chi connectivity index (χ0n) is 25.1. The lowest BCUT2D eigenvalue weighted by molar-refractivity contribution is 0.527. The summed E-state index contributed by atoms with van der Waals surface area (Å²) in [7, 11) is 0. The Morgan fingerprint density at radius 1 is 0.778 bits per heavy atom. The molecule has 5 heteroatoms. The summed E-state index contributed by atoms with van der Waals surface area (Å²) in [5.41, 5.74) is 8.02. The maximum atomic E-state index is 8.61. The van der Waals surface area contributed by atoms with E-state index < -0.39 is 0 Å². The average molecular weight is 587 g/mol. The van der Waals surface area contributed by atoms with E-state index in [1.807, 2.05) is 72.8 Å². The van der Waals surface area contributed by atoms with Crippen LogP contribution in [0.3, 0.4) is 0 Å². The van der Waals surface area contributed by atoms with Crippen molar-refractivity contribution in [3.8, 4) is 0 Å². The van der Waals surface area contributed by atoms with Crippen LogP contribution in [0.5, 0.6) is 0 Å². The minimum atomic E-state index is -0.278. The number of allylic oxidation sites excluding steroid dienone is 1. The van der Waals surface area contributed by atoms with Gasteiger partial charge in [-0.05, 0) is 42.7 Å². The molecule has 7 rings (SSSR count). The number of anilines is 1. The van der Waals surface area contributed by atoms with Crippen LogP contribution in [0.15, 0.2) is 155 Å². The molecule has 6 aromatic rings. The van der Waals surface area contributed by atoms with E-state index in [0.717, 1.165) is 45.8 Å². The Balaban J connectivity index is 1.18. The van der Waals surface area contributed by atoms with Crippen LogP contribution in [0.4, 0.5) is 5.69 Å². The van der Waals surface area contributed by atoms with E-state index in [1.165, 1.54) is 16.5 Å². The lowest BCUT2D eigenvalue weighted by Crippen LogP contribution is -2.33. The van der Waals surface area contributed by atoms with Gasteiger partial charge in [0.1, 0.15) is 17.2 Å². The largest absolute Gasteiger partial charge is 0.456 e.